The van der Waals surface area contributed by atoms with Gasteiger partial charge in [-0.1, -0.05) is 6.92 Å². The molecule has 0 radical (unpaired) electrons. The van der Waals surface area contributed by atoms with E-state index in [1.54, 1.807) is 18.7 Å². The van der Waals surface area contributed by atoms with E-state index in [-0.39, 0.29) is 24.1 Å². The first-order chi connectivity index (χ1) is 11.9. The van der Waals surface area contributed by atoms with Crippen molar-refractivity contribution in [3.8, 4) is 5.75 Å². The Hall–Kier alpha value is -2.44. The lowest BCUT2D eigenvalue weighted by Crippen LogP contribution is -2.49. The molecule has 1 aliphatic heterocycles. The molecular weight excluding hydrogens is 328 g/mol. The molecule has 0 spiro atoms. The Morgan fingerprint density at radius 3 is 2.64 bits per heavy atom. The summed E-state index contributed by atoms with van der Waals surface area (Å²) in [5.41, 5.74) is -0.323. The summed E-state index contributed by atoms with van der Waals surface area (Å²) in [6, 6.07) is 5.28. The van der Waals surface area contributed by atoms with Gasteiger partial charge in [-0.2, -0.15) is 8.78 Å². The first-order valence-corrected chi connectivity index (χ1v) is 8.22. The predicted molar refractivity (Wildman–Crippen MR) is 88.5 cm³/mol. The Labute approximate surface area is 145 Å². The number of ether oxygens (including phenoxy) is 1. The predicted octanol–water partition coefficient (Wildman–Crippen LogP) is 3.09. The molecule has 2 aromatic rings. The molecule has 3 rings (SSSR count). The number of halogens is 2. The van der Waals surface area contributed by atoms with Gasteiger partial charge >= 0.3 is 5.92 Å². The van der Waals surface area contributed by atoms with Crippen molar-refractivity contribution < 1.29 is 18.3 Å². The van der Waals surface area contributed by atoms with E-state index < -0.39 is 11.8 Å². The fraction of sp³-hybridized carbons (Fsp3) is 0.444. The summed E-state index contributed by atoms with van der Waals surface area (Å²) in [4.78, 5) is 17.8. The lowest BCUT2D eigenvalue weighted by Gasteiger charge is -2.39. The van der Waals surface area contributed by atoms with Crippen LogP contribution in [0.4, 0.5) is 8.78 Å². The Morgan fingerprint density at radius 2 is 2.04 bits per heavy atom. The third-order valence-electron chi connectivity index (χ3n) is 4.83. The molecule has 0 unspecified atom stereocenters. The minimum Gasteiger partial charge on any atom is -0.497 e. The van der Waals surface area contributed by atoms with Gasteiger partial charge in [-0.15, -0.1) is 0 Å². The van der Waals surface area contributed by atoms with Crippen LogP contribution in [-0.4, -0.2) is 40.6 Å². The van der Waals surface area contributed by atoms with E-state index in [1.807, 2.05) is 4.57 Å². The number of amides is 1. The van der Waals surface area contributed by atoms with Gasteiger partial charge < -0.3 is 14.2 Å². The van der Waals surface area contributed by atoms with Crippen LogP contribution in [0, 0.1) is 5.92 Å². The number of aromatic nitrogens is 2. The first-order valence-electron chi connectivity index (χ1n) is 8.22. The highest BCUT2D eigenvalue weighted by Crippen LogP contribution is 2.35. The van der Waals surface area contributed by atoms with E-state index in [9.17, 15) is 13.6 Å². The van der Waals surface area contributed by atoms with Gasteiger partial charge in [-0.05, 0) is 36.6 Å². The number of hydrogen-bond acceptors (Lipinski definition) is 3. The van der Waals surface area contributed by atoms with Crippen LogP contribution in [0.2, 0.25) is 0 Å². The molecule has 2 atom stereocenters. The zero-order valence-electron chi connectivity index (χ0n) is 14.2. The number of carbonyl (C=O) groups excluding carboxylic acids is 1. The van der Waals surface area contributed by atoms with Crippen LogP contribution in [0.15, 0.2) is 43.0 Å². The molecule has 1 aliphatic rings. The molecule has 5 nitrogen and oxygen atoms in total. The van der Waals surface area contributed by atoms with Crippen molar-refractivity contribution in [2.24, 2.45) is 5.92 Å². The molecule has 1 aromatic heterocycles. The number of carbonyl (C=O) groups is 1. The van der Waals surface area contributed by atoms with Gasteiger partial charge in [-0.3, -0.25) is 4.79 Å². The first kappa shape index (κ1) is 17.4. The molecular formula is C18H21F2N3O2. The van der Waals surface area contributed by atoms with E-state index in [2.05, 4.69) is 11.9 Å². The van der Waals surface area contributed by atoms with E-state index in [0.717, 1.165) is 0 Å². The van der Waals surface area contributed by atoms with Crippen LogP contribution >= 0.6 is 0 Å². The van der Waals surface area contributed by atoms with E-state index >= 15 is 0 Å². The molecule has 0 N–H and O–H groups in total. The van der Waals surface area contributed by atoms with E-state index in [0.29, 0.717) is 18.7 Å². The summed E-state index contributed by atoms with van der Waals surface area (Å²) in [6.07, 6.45) is 5.79. The van der Waals surface area contributed by atoms with Crippen molar-refractivity contribution >= 4 is 5.91 Å². The largest absolute Gasteiger partial charge is 0.497 e. The Bertz CT molecular complexity index is 716. The van der Waals surface area contributed by atoms with Gasteiger partial charge in [-0.25, -0.2) is 4.98 Å². The number of likely N-dealkylation sites (tertiary alicyclic amines) is 1. The van der Waals surface area contributed by atoms with Gasteiger partial charge in [0, 0.05) is 31.0 Å². The number of hydrogen-bond donors (Lipinski definition) is 0. The molecule has 25 heavy (non-hydrogen) atoms. The summed E-state index contributed by atoms with van der Waals surface area (Å²) < 4.78 is 36.2. The topological polar surface area (TPSA) is 47.4 Å². The van der Waals surface area contributed by atoms with E-state index in [4.69, 9.17) is 4.74 Å². The average Bonchev–Trinajstić information content (AvgIpc) is 3.16. The number of nitrogens with zero attached hydrogens (tertiary/aromatic N) is 3. The lowest BCUT2D eigenvalue weighted by molar-refractivity contribution is -0.161. The number of imidazole rings is 1. The lowest BCUT2D eigenvalue weighted by atomic mass is 9.92. The number of piperidine rings is 1. The Balaban J connectivity index is 1.78. The molecule has 2 heterocycles. The van der Waals surface area contributed by atoms with Gasteiger partial charge in [0.2, 0.25) is 0 Å². The number of rotatable bonds is 4. The smallest absolute Gasteiger partial charge is 0.349 e. The second-order valence-electron chi connectivity index (χ2n) is 6.40. The standard InChI is InChI=1S/C18H21F2N3O2/c1-13-7-9-22(11-16(13)23-10-8-21-12-23)17(24)18(19,20)14-3-5-15(25-2)6-4-14/h3-6,8,10,12-13,16H,7,9,11H2,1-2H3/t13-,16-/m0/s1. The van der Waals surface area contributed by atoms with Crippen molar-refractivity contribution in [3.05, 3.63) is 48.5 Å². The third kappa shape index (κ3) is 3.36. The summed E-state index contributed by atoms with van der Waals surface area (Å²) in [5, 5.41) is 0. The van der Waals surface area contributed by atoms with E-state index in [1.165, 1.54) is 36.3 Å². The molecule has 1 fully saturated rings. The van der Waals surface area contributed by atoms with Gasteiger partial charge in [0.15, 0.2) is 0 Å². The fourth-order valence-electron chi connectivity index (χ4n) is 3.21. The van der Waals surface area contributed by atoms with Crippen LogP contribution in [0.25, 0.3) is 0 Å². The monoisotopic (exact) mass is 349 g/mol. The van der Waals surface area contributed by atoms with Crippen molar-refractivity contribution in [2.45, 2.75) is 25.3 Å². The van der Waals surface area contributed by atoms with Crippen LogP contribution in [0.3, 0.4) is 0 Å². The molecule has 0 saturated carbocycles. The van der Waals surface area contributed by atoms with Crippen LogP contribution in [0.5, 0.6) is 5.75 Å². The summed E-state index contributed by atoms with van der Waals surface area (Å²) in [7, 11) is 1.46. The Morgan fingerprint density at radius 1 is 1.32 bits per heavy atom. The summed E-state index contributed by atoms with van der Waals surface area (Å²) in [6.45, 7) is 2.65. The normalized spacial score (nSPS) is 21.2. The maximum absolute atomic E-state index is 14.7. The maximum Gasteiger partial charge on any atom is 0.349 e. The maximum atomic E-state index is 14.7. The molecule has 0 bridgehead atoms. The SMILES string of the molecule is COc1ccc(C(F)(F)C(=O)N2CC[C@H](C)[C@@H](n3ccnc3)C2)cc1. The fourth-order valence-corrected chi connectivity index (χ4v) is 3.21. The second kappa shape index (κ2) is 6.82. The zero-order valence-corrected chi connectivity index (χ0v) is 14.2. The second-order valence-corrected chi connectivity index (χ2v) is 6.40. The van der Waals surface area contributed by atoms with Gasteiger partial charge in [0.25, 0.3) is 5.91 Å². The molecule has 134 valence electrons. The minimum absolute atomic E-state index is 0.0492. The molecule has 1 aromatic carbocycles. The summed E-state index contributed by atoms with van der Waals surface area (Å²) in [5.74, 6) is -3.96. The van der Waals surface area contributed by atoms with Crippen molar-refractivity contribution in [1.29, 1.82) is 0 Å². The zero-order chi connectivity index (χ0) is 18.0. The highest BCUT2D eigenvalue weighted by molar-refractivity contribution is 5.85. The van der Waals surface area contributed by atoms with Crippen LogP contribution in [0.1, 0.15) is 24.9 Å². The molecule has 0 aliphatic carbocycles. The molecule has 1 saturated heterocycles. The quantitative estimate of drug-likeness (QED) is 0.852. The molecule has 7 heteroatoms. The van der Waals surface area contributed by atoms with Crippen LogP contribution in [-0.2, 0) is 10.7 Å². The molecule has 1 amide bonds. The van der Waals surface area contributed by atoms with Crippen molar-refractivity contribution in [3.63, 3.8) is 0 Å². The summed E-state index contributed by atoms with van der Waals surface area (Å²) >= 11 is 0. The van der Waals surface area contributed by atoms with Gasteiger partial charge in [0.1, 0.15) is 5.75 Å². The number of benzene rings is 1. The Kier molecular flexibility index (Phi) is 4.74. The number of methoxy groups -OCH3 is 1. The van der Waals surface area contributed by atoms with Crippen molar-refractivity contribution in [1.82, 2.24) is 14.5 Å². The third-order valence-corrected chi connectivity index (χ3v) is 4.83. The average molecular weight is 349 g/mol. The van der Waals surface area contributed by atoms with Crippen LogP contribution < -0.4 is 4.74 Å². The minimum atomic E-state index is -3.56. The highest BCUT2D eigenvalue weighted by Gasteiger charge is 2.45. The van der Waals surface area contributed by atoms with Crippen molar-refractivity contribution in [2.75, 3.05) is 20.2 Å². The number of alkyl halides is 2. The van der Waals surface area contributed by atoms with Gasteiger partial charge in [0.05, 0.1) is 19.5 Å². The highest BCUT2D eigenvalue weighted by atomic mass is 19.3.